The first kappa shape index (κ1) is 14.2. The lowest BCUT2D eigenvalue weighted by molar-refractivity contribution is 0.252. The number of aromatic nitrogens is 2. The van der Waals surface area contributed by atoms with E-state index in [-0.39, 0.29) is 0 Å². The molecule has 1 N–H and O–H groups in total. The molecule has 1 atom stereocenters. The molecule has 1 unspecified atom stereocenters. The molecule has 1 aromatic rings. The van der Waals surface area contributed by atoms with E-state index in [1.54, 1.807) is 0 Å². The van der Waals surface area contributed by atoms with Crippen molar-refractivity contribution in [1.29, 1.82) is 0 Å². The first-order valence-corrected chi connectivity index (χ1v) is 6.55. The highest BCUT2D eigenvalue weighted by atomic mass is 15.3. The maximum absolute atomic E-state index is 4.52. The van der Waals surface area contributed by atoms with E-state index < -0.39 is 0 Å². The SMILES string of the molecule is CC(C)n1ccc(CNCC(C)C(C)(C)C)n1. The van der Waals surface area contributed by atoms with Gasteiger partial charge in [0.05, 0.1) is 5.69 Å². The van der Waals surface area contributed by atoms with Crippen LogP contribution in [0.5, 0.6) is 0 Å². The van der Waals surface area contributed by atoms with Crippen LogP contribution in [0.4, 0.5) is 0 Å². The fourth-order valence-corrected chi connectivity index (χ4v) is 1.48. The smallest absolute Gasteiger partial charge is 0.0762 e. The van der Waals surface area contributed by atoms with Gasteiger partial charge in [0.15, 0.2) is 0 Å². The molecule has 0 aromatic carbocycles. The van der Waals surface area contributed by atoms with Crippen LogP contribution in [0.15, 0.2) is 12.3 Å². The maximum atomic E-state index is 4.52. The second kappa shape index (κ2) is 5.67. The molecule has 0 fully saturated rings. The third-order valence-electron chi connectivity index (χ3n) is 3.43. The highest BCUT2D eigenvalue weighted by molar-refractivity contribution is 4.99. The molecule has 0 radical (unpaired) electrons. The van der Waals surface area contributed by atoms with Crippen molar-refractivity contribution in [3.63, 3.8) is 0 Å². The molecule has 0 saturated carbocycles. The van der Waals surface area contributed by atoms with Crippen molar-refractivity contribution in [1.82, 2.24) is 15.1 Å². The van der Waals surface area contributed by atoms with E-state index in [0.717, 1.165) is 18.8 Å². The predicted molar refractivity (Wildman–Crippen MR) is 72.9 cm³/mol. The largest absolute Gasteiger partial charge is 0.311 e. The lowest BCUT2D eigenvalue weighted by atomic mass is 9.82. The van der Waals surface area contributed by atoms with Gasteiger partial charge in [0, 0.05) is 18.8 Å². The zero-order chi connectivity index (χ0) is 13.1. The molecule has 0 aliphatic carbocycles. The van der Waals surface area contributed by atoms with Crippen molar-refractivity contribution in [2.45, 2.75) is 54.1 Å². The van der Waals surface area contributed by atoms with Gasteiger partial charge in [-0.2, -0.15) is 5.10 Å². The Balaban J connectivity index is 2.36. The molecule has 3 heteroatoms. The number of rotatable bonds is 5. The predicted octanol–water partition coefficient (Wildman–Crippen LogP) is 3.24. The number of hydrogen-bond donors (Lipinski definition) is 1. The minimum Gasteiger partial charge on any atom is -0.311 e. The van der Waals surface area contributed by atoms with E-state index in [1.807, 2.05) is 4.68 Å². The average molecular weight is 237 g/mol. The molecule has 1 rings (SSSR count). The molecule has 0 bridgehead atoms. The lowest BCUT2D eigenvalue weighted by Gasteiger charge is -2.27. The molecule has 0 spiro atoms. The molecule has 0 amide bonds. The quantitative estimate of drug-likeness (QED) is 0.852. The van der Waals surface area contributed by atoms with Gasteiger partial charge >= 0.3 is 0 Å². The summed E-state index contributed by atoms with van der Waals surface area (Å²) in [5.41, 5.74) is 1.49. The molecule has 98 valence electrons. The third-order valence-corrected chi connectivity index (χ3v) is 3.43. The van der Waals surface area contributed by atoms with Gasteiger partial charge < -0.3 is 5.32 Å². The van der Waals surface area contributed by atoms with Gasteiger partial charge in [0.1, 0.15) is 0 Å². The summed E-state index contributed by atoms with van der Waals surface area (Å²) in [4.78, 5) is 0. The van der Waals surface area contributed by atoms with Crippen molar-refractivity contribution < 1.29 is 0 Å². The van der Waals surface area contributed by atoms with Crippen molar-refractivity contribution in [2.75, 3.05) is 6.54 Å². The summed E-state index contributed by atoms with van der Waals surface area (Å²) in [6.45, 7) is 15.3. The molecular formula is C14H27N3. The zero-order valence-corrected chi connectivity index (χ0v) is 12.1. The maximum Gasteiger partial charge on any atom is 0.0762 e. The van der Waals surface area contributed by atoms with Gasteiger partial charge in [-0.15, -0.1) is 0 Å². The number of nitrogens with zero attached hydrogens (tertiary/aromatic N) is 2. The van der Waals surface area contributed by atoms with Gasteiger partial charge in [0.2, 0.25) is 0 Å². The molecule has 1 aromatic heterocycles. The zero-order valence-electron chi connectivity index (χ0n) is 12.1. The van der Waals surface area contributed by atoms with Crippen LogP contribution in [-0.4, -0.2) is 16.3 Å². The number of nitrogens with one attached hydrogen (secondary N) is 1. The van der Waals surface area contributed by atoms with Gasteiger partial charge in [-0.05, 0) is 37.8 Å². The van der Waals surface area contributed by atoms with Crippen LogP contribution >= 0.6 is 0 Å². The lowest BCUT2D eigenvalue weighted by Crippen LogP contribution is -2.29. The van der Waals surface area contributed by atoms with Gasteiger partial charge in [-0.1, -0.05) is 27.7 Å². The van der Waals surface area contributed by atoms with Crippen LogP contribution in [0.25, 0.3) is 0 Å². The summed E-state index contributed by atoms with van der Waals surface area (Å²) < 4.78 is 2.00. The normalized spacial score (nSPS) is 14.3. The van der Waals surface area contributed by atoms with E-state index in [1.165, 1.54) is 0 Å². The highest BCUT2D eigenvalue weighted by Crippen LogP contribution is 2.24. The molecule has 0 aliphatic heterocycles. The molecular weight excluding hydrogens is 210 g/mol. The van der Waals surface area contributed by atoms with Crippen molar-refractivity contribution in [3.05, 3.63) is 18.0 Å². The Kier molecular flexibility index (Phi) is 4.75. The summed E-state index contributed by atoms with van der Waals surface area (Å²) in [5, 5.41) is 8.01. The van der Waals surface area contributed by atoms with Crippen LogP contribution in [0.2, 0.25) is 0 Å². The van der Waals surface area contributed by atoms with Gasteiger partial charge in [-0.3, -0.25) is 4.68 Å². The van der Waals surface area contributed by atoms with Gasteiger partial charge in [0.25, 0.3) is 0 Å². The van der Waals surface area contributed by atoms with E-state index in [0.29, 0.717) is 17.4 Å². The fraction of sp³-hybridized carbons (Fsp3) is 0.786. The Hall–Kier alpha value is -0.830. The minimum atomic E-state index is 0.365. The van der Waals surface area contributed by atoms with E-state index in [4.69, 9.17) is 0 Å². The molecule has 0 saturated heterocycles. The Morgan fingerprint density at radius 2 is 1.94 bits per heavy atom. The van der Waals surface area contributed by atoms with E-state index in [9.17, 15) is 0 Å². The van der Waals surface area contributed by atoms with Crippen LogP contribution in [-0.2, 0) is 6.54 Å². The Morgan fingerprint density at radius 1 is 1.29 bits per heavy atom. The Bertz CT molecular complexity index is 333. The fourth-order valence-electron chi connectivity index (χ4n) is 1.48. The first-order valence-electron chi connectivity index (χ1n) is 6.55. The van der Waals surface area contributed by atoms with Crippen molar-refractivity contribution in [3.8, 4) is 0 Å². The summed E-state index contributed by atoms with van der Waals surface area (Å²) in [6.07, 6.45) is 2.05. The monoisotopic (exact) mass is 237 g/mol. The second-order valence-electron chi connectivity index (χ2n) is 6.28. The Labute approximate surface area is 106 Å². The summed E-state index contributed by atoms with van der Waals surface area (Å²) in [7, 11) is 0. The second-order valence-corrected chi connectivity index (χ2v) is 6.28. The van der Waals surface area contributed by atoms with E-state index >= 15 is 0 Å². The molecule has 1 heterocycles. The standard InChI is InChI=1S/C14H27N3/c1-11(2)17-8-7-13(16-17)10-15-9-12(3)14(4,5)6/h7-8,11-12,15H,9-10H2,1-6H3. The van der Waals surface area contributed by atoms with Crippen LogP contribution in [0.3, 0.4) is 0 Å². The van der Waals surface area contributed by atoms with E-state index in [2.05, 4.69) is 64.2 Å². The minimum absolute atomic E-state index is 0.365. The summed E-state index contributed by atoms with van der Waals surface area (Å²) in [6, 6.07) is 2.53. The highest BCUT2D eigenvalue weighted by Gasteiger charge is 2.19. The molecule has 17 heavy (non-hydrogen) atoms. The average Bonchev–Trinajstić information content (AvgIpc) is 2.64. The van der Waals surface area contributed by atoms with Crippen LogP contribution in [0.1, 0.15) is 53.3 Å². The summed E-state index contributed by atoms with van der Waals surface area (Å²) >= 11 is 0. The first-order chi connectivity index (χ1) is 7.80. The van der Waals surface area contributed by atoms with Crippen molar-refractivity contribution >= 4 is 0 Å². The molecule has 3 nitrogen and oxygen atoms in total. The topological polar surface area (TPSA) is 29.9 Å². The summed E-state index contributed by atoms with van der Waals surface area (Å²) in [5.74, 6) is 0.662. The van der Waals surface area contributed by atoms with Gasteiger partial charge in [-0.25, -0.2) is 0 Å². The van der Waals surface area contributed by atoms with Crippen LogP contribution in [0, 0.1) is 11.3 Å². The molecule has 0 aliphatic rings. The third kappa shape index (κ3) is 4.50. The van der Waals surface area contributed by atoms with Crippen LogP contribution < -0.4 is 5.32 Å². The van der Waals surface area contributed by atoms with Crippen molar-refractivity contribution in [2.24, 2.45) is 11.3 Å². The Morgan fingerprint density at radius 3 is 2.41 bits per heavy atom. The number of hydrogen-bond acceptors (Lipinski definition) is 2.